The Labute approximate surface area is 115 Å². The number of methoxy groups -OCH3 is 1. The summed E-state index contributed by atoms with van der Waals surface area (Å²) in [7, 11) is 3.35. The second-order valence-electron chi connectivity index (χ2n) is 5.45. The van der Waals surface area contributed by atoms with Crippen LogP contribution < -0.4 is 5.32 Å². The van der Waals surface area contributed by atoms with E-state index in [0.29, 0.717) is 25.4 Å². The first-order valence-corrected chi connectivity index (χ1v) is 6.75. The third kappa shape index (κ3) is 5.06. The Bertz CT molecular complexity index is 312. The van der Waals surface area contributed by atoms with Crippen molar-refractivity contribution in [2.45, 2.75) is 26.3 Å². The van der Waals surface area contributed by atoms with Gasteiger partial charge in [-0.25, -0.2) is 4.79 Å². The fourth-order valence-corrected chi connectivity index (χ4v) is 2.14. The van der Waals surface area contributed by atoms with E-state index < -0.39 is 12.1 Å². The van der Waals surface area contributed by atoms with Gasteiger partial charge in [0.05, 0.1) is 7.11 Å². The molecule has 1 rings (SSSR count). The third-order valence-corrected chi connectivity index (χ3v) is 3.30. The monoisotopic (exact) mass is 271 g/mol. The SMILES string of the molecule is COC(=O)N[C@H](CC(C)C)C(=O)N1CCN(C)CC1. The van der Waals surface area contributed by atoms with Crippen LogP contribution in [-0.2, 0) is 9.53 Å². The van der Waals surface area contributed by atoms with Crippen LogP contribution in [0, 0.1) is 5.92 Å². The lowest BCUT2D eigenvalue weighted by molar-refractivity contribution is -0.135. The molecule has 1 saturated heterocycles. The van der Waals surface area contributed by atoms with Gasteiger partial charge in [0.25, 0.3) is 0 Å². The quantitative estimate of drug-likeness (QED) is 0.810. The van der Waals surface area contributed by atoms with E-state index in [0.717, 1.165) is 13.1 Å². The topological polar surface area (TPSA) is 61.9 Å². The van der Waals surface area contributed by atoms with Gasteiger partial charge in [0.15, 0.2) is 0 Å². The first kappa shape index (κ1) is 15.8. The van der Waals surface area contributed by atoms with E-state index >= 15 is 0 Å². The molecule has 1 heterocycles. The number of nitrogens with zero attached hydrogens (tertiary/aromatic N) is 2. The van der Waals surface area contributed by atoms with Gasteiger partial charge in [0.1, 0.15) is 6.04 Å². The fraction of sp³-hybridized carbons (Fsp3) is 0.846. The largest absolute Gasteiger partial charge is 0.453 e. The zero-order chi connectivity index (χ0) is 14.4. The molecule has 0 radical (unpaired) electrons. The maximum atomic E-state index is 12.4. The summed E-state index contributed by atoms with van der Waals surface area (Å²) in [6.45, 7) is 7.24. The fourth-order valence-electron chi connectivity index (χ4n) is 2.14. The smallest absolute Gasteiger partial charge is 0.407 e. The van der Waals surface area contributed by atoms with Crippen molar-refractivity contribution in [2.75, 3.05) is 40.3 Å². The molecule has 0 aliphatic carbocycles. The van der Waals surface area contributed by atoms with Crippen molar-refractivity contribution in [1.82, 2.24) is 15.1 Å². The zero-order valence-electron chi connectivity index (χ0n) is 12.3. The maximum absolute atomic E-state index is 12.4. The lowest BCUT2D eigenvalue weighted by Gasteiger charge is -2.35. The number of piperazine rings is 1. The van der Waals surface area contributed by atoms with E-state index in [1.807, 2.05) is 25.8 Å². The molecule has 0 bridgehead atoms. The number of ether oxygens (including phenoxy) is 1. The second-order valence-corrected chi connectivity index (χ2v) is 5.45. The summed E-state index contributed by atoms with van der Waals surface area (Å²) in [6.07, 6.45) is 0.0772. The first-order valence-electron chi connectivity index (χ1n) is 6.75. The Morgan fingerprint density at radius 3 is 2.26 bits per heavy atom. The lowest BCUT2D eigenvalue weighted by atomic mass is 10.0. The minimum Gasteiger partial charge on any atom is -0.453 e. The number of likely N-dealkylation sites (N-methyl/N-ethyl adjacent to an activating group) is 1. The van der Waals surface area contributed by atoms with Crippen molar-refractivity contribution >= 4 is 12.0 Å². The van der Waals surface area contributed by atoms with Crippen LogP contribution in [0.3, 0.4) is 0 Å². The van der Waals surface area contributed by atoms with Gasteiger partial charge in [-0.15, -0.1) is 0 Å². The number of nitrogens with one attached hydrogen (secondary N) is 1. The number of amides is 2. The third-order valence-electron chi connectivity index (χ3n) is 3.30. The molecule has 6 nitrogen and oxygen atoms in total. The Kier molecular flexibility index (Phi) is 6.08. The summed E-state index contributed by atoms with van der Waals surface area (Å²) in [5, 5.41) is 2.64. The summed E-state index contributed by atoms with van der Waals surface area (Å²) < 4.78 is 4.59. The van der Waals surface area contributed by atoms with Crippen molar-refractivity contribution < 1.29 is 14.3 Å². The van der Waals surface area contributed by atoms with Crippen LogP contribution in [0.25, 0.3) is 0 Å². The van der Waals surface area contributed by atoms with E-state index in [2.05, 4.69) is 15.0 Å². The van der Waals surface area contributed by atoms with Crippen LogP contribution in [0.5, 0.6) is 0 Å². The van der Waals surface area contributed by atoms with Crippen LogP contribution in [-0.4, -0.2) is 68.2 Å². The number of rotatable bonds is 4. The Balaban J connectivity index is 2.62. The van der Waals surface area contributed by atoms with Gasteiger partial charge >= 0.3 is 6.09 Å². The van der Waals surface area contributed by atoms with Gasteiger partial charge in [-0.1, -0.05) is 13.8 Å². The lowest BCUT2D eigenvalue weighted by Crippen LogP contribution is -2.54. The average Bonchev–Trinajstić information content (AvgIpc) is 2.37. The number of hydrogen-bond donors (Lipinski definition) is 1. The highest BCUT2D eigenvalue weighted by Crippen LogP contribution is 2.10. The molecular weight excluding hydrogens is 246 g/mol. The molecule has 0 saturated carbocycles. The Hall–Kier alpha value is -1.30. The number of alkyl carbamates (subject to hydrolysis) is 1. The van der Waals surface area contributed by atoms with Crippen LogP contribution in [0.1, 0.15) is 20.3 Å². The number of carbonyl (C=O) groups excluding carboxylic acids is 2. The van der Waals surface area contributed by atoms with Crippen molar-refractivity contribution in [3.63, 3.8) is 0 Å². The van der Waals surface area contributed by atoms with Crippen LogP contribution in [0.2, 0.25) is 0 Å². The minimum absolute atomic E-state index is 0.00722. The number of carbonyl (C=O) groups is 2. The first-order chi connectivity index (χ1) is 8.93. The highest BCUT2D eigenvalue weighted by atomic mass is 16.5. The molecule has 0 spiro atoms. The van der Waals surface area contributed by atoms with Crippen molar-refractivity contribution in [3.8, 4) is 0 Å². The van der Waals surface area contributed by atoms with Gasteiger partial charge < -0.3 is 19.9 Å². The van der Waals surface area contributed by atoms with Crippen molar-refractivity contribution in [3.05, 3.63) is 0 Å². The molecule has 6 heteroatoms. The predicted octanol–water partition coefficient (Wildman–Crippen LogP) is 0.531. The van der Waals surface area contributed by atoms with Gasteiger partial charge in [-0.2, -0.15) is 0 Å². The summed E-state index contributed by atoms with van der Waals surface area (Å²) in [6, 6.07) is -0.490. The summed E-state index contributed by atoms with van der Waals surface area (Å²) in [5.74, 6) is 0.325. The molecule has 1 aliphatic heterocycles. The van der Waals surface area contributed by atoms with Crippen LogP contribution in [0.4, 0.5) is 4.79 Å². The molecule has 1 aliphatic rings. The average molecular weight is 271 g/mol. The number of hydrogen-bond acceptors (Lipinski definition) is 4. The van der Waals surface area contributed by atoms with Gasteiger partial charge in [-0.3, -0.25) is 4.79 Å². The molecule has 1 atom stereocenters. The molecule has 0 unspecified atom stereocenters. The molecule has 0 aromatic rings. The van der Waals surface area contributed by atoms with Crippen molar-refractivity contribution in [1.29, 1.82) is 0 Å². The molecule has 2 amide bonds. The van der Waals surface area contributed by atoms with E-state index in [-0.39, 0.29) is 5.91 Å². The molecule has 0 aromatic heterocycles. The van der Waals surface area contributed by atoms with E-state index in [9.17, 15) is 9.59 Å². The predicted molar refractivity (Wildman–Crippen MR) is 72.9 cm³/mol. The van der Waals surface area contributed by atoms with E-state index in [4.69, 9.17) is 0 Å². The van der Waals surface area contributed by atoms with Gasteiger partial charge in [0.2, 0.25) is 5.91 Å². The van der Waals surface area contributed by atoms with Crippen LogP contribution >= 0.6 is 0 Å². The van der Waals surface area contributed by atoms with Crippen LogP contribution in [0.15, 0.2) is 0 Å². The molecule has 19 heavy (non-hydrogen) atoms. The summed E-state index contributed by atoms with van der Waals surface area (Å²) in [4.78, 5) is 27.8. The highest BCUT2D eigenvalue weighted by Gasteiger charge is 2.28. The van der Waals surface area contributed by atoms with E-state index in [1.165, 1.54) is 7.11 Å². The normalized spacial score (nSPS) is 18.3. The van der Waals surface area contributed by atoms with Gasteiger partial charge in [0, 0.05) is 26.2 Å². The Morgan fingerprint density at radius 2 is 1.79 bits per heavy atom. The Morgan fingerprint density at radius 1 is 1.21 bits per heavy atom. The zero-order valence-corrected chi connectivity index (χ0v) is 12.3. The van der Waals surface area contributed by atoms with E-state index in [1.54, 1.807) is 0 Å². The standard InChI is InChI=1S/C13H25N3O3/c1-10(2)9-11(14-13(18)19-4)12(17)16-7-5-15(3)6-8-16/h10-11H,5-9H2,1-4H3,(H,14,18)/t11-/m1/s1. The van der Waals surface area contributed by atoms with Crippen molar-refractivity contribution in [2.24, 2.45) is 5.92 Å². The molecule has 0 aromatic carbocycles. The summed E-state index contributed by atoms with van der Waals surface area (Å²) >= 11 is 0. The second kappa shape index (κ2) is 7.33. The highest BCUT2D eigenvalue weighted by molar-refractivity contribution is 5.85. The molecule has 1 fully saturated rings. The summed E-state index contributed by atoms with van der Waals surface area (Å²) in [5.41, 5.74) is 0. The maximum Gasteiger partial charge on any atom is 0.407 e. The minimum atomic E-state index is -0.548. The molecule has 1 N–H and O–H groups in total. The van der Waals surface area contributed by atoms with Gasteiger partial charge in [-0.05, 0) is 19.4 Å². The molecular formula is C13H25N3O3. The molecule has 110 valence electrons.